The number of nitrogens with zero attached hydrogens (tertiary/aromatic N) is 1. The maximum atomic E-state index is 12.6. The molecule has 8 heteroatoms. The summed E-state index contributed by atoms with van der Waals surface area (Å²) in [6.07, 6.45) is 1.45. The molecule has 0 aliphatic rings. The Bertz CT molecular complexity index is 1210. The van der Waals surface area contributed by atoms with Gasteiger partial charge < -0.3 is 5.11 Å². The quantitative estimate of drug-likeness (QED) is 0.444. The maximum absolute atomic E-state index is 12.6. The molecule has 0 aliphatic heterocycles. The van der Waals surface area contributed by atoms with Crippen LogP contribution in [0.5, 0.6) is 0 Å². The minimum atomic E-state index is -3.93. The van der Waals surface area contributed by atoms with Crippen molar-refractivity contribution in [1.29, 1.82) is 0 Å². The molecule has 0 unspecified atom stereocenters. The smallest absolute Gasteiger partial charge is 0.335 e. The number of carboxylic acid groups (broad SMARTS) is 1. The summed E-state index contributed by atoms with van der Waals surface area (Å²) in [4.78, 5) is 15.5. The molecular formula is C24H26N2O4S2. The molecule has 0 aliphatic carbocycles. The summed E-state index contributed by atoms with van der Waals surface area (Å²) in [6, 6.07) is 15.9. The van der Waals surface area contributed by atoms with Crippen LogP contribution in [0.15, 0.2) is 70.7 Å². The van der Waals surface area contributed by atoms with Crippen molar-refractivity contribution in [3.8, 4) is 0 Å². The molecular weight excluding hydrogens is 444 g/mol. The van der Waals surface area contributed by atoms with Crippen LogP contribution in [-0.4, -0.2) is 24.5 Å². The van der Waals surface area contributed by atoms with Crippen LogP contribution in [0.2, 0.25) is 0 Å². The highest BCUT2D eigenvalue weighted by molar-refractivity contribution is 7.98. The number of rotatable bonds is 7. The van der Waals surface area contributed by atoms with Crippen molar-refractivity contribution < 1.29 is 18.3 Å². The molecule has 0 amide bonds. The van der Waals surface area contributed by atoms with Gasteiger partial charge in [0.05, 0.1) is 27.4 Å². The number of thioether (sulfide) groups is 1. The Labute approximate surface area is 193 Å². The van der Waals surface area contributed by atoms with Crippen molar-refractivity contribution in [3.05, 3.63) is 83.0 Å². The monoisotopic (exact) mass is 470 g/mol. The van der Waals surface area contributed by atoms with Gasteiger partial charge in [0.15, 0.2) is 0 Å². The molecule has 168 valence electrons. The van der Waals surface area contributed by atoms with Gasteiger partial charge in [0.2, 0.25) is 0 Å². The summed E-state index contributed by atoms with van der Waals surface area (Å²) in [7, 11) is -3.93. The van der Waals surface area contributed by atoms with E-state index in [1.807, 2.05) is 0 Å². The molecule has 1 heterocycles. The Hall–Kier alpha value is -2.84. The fraction of sp³-hybridized carbons (Fsp3) is 0.250. The van der Waals surface area contributed by atoms with E-state index < -0.39 is 16.0 Å². The third-order valence-electron chi connectivity index (χ3n) is 4.94. The zero-order valence-corrected chi connectivity index (χ0v) is 20.0. The zero-order valence-electron chi connectivity index (χ0n) is 18.4. The van der Waals surface area contributed by atoms with E-state index in [0.29, 0.717) is 11.3 Å². The Morgan fingerprint density at radius 3 is 2.31 bits per heavy atom. The maximum Gasteiger partial charge on any atom is 0.335 e. The van der Waals surface area contributed by atoms with Gasteiger partial charge in [0, 0.05) is 5.75 Å². The number of carboxylic acids is 1. The number of aromatic carboxylic acids is 1. The standard InChI is InChI=1S/C24H26N2O4S2/c1-16-5-11-20(13-21(16)23(27)28)32(29,30)26-19-10-12-22(25-14-19)31-15-17-6-8-18(9-7-17)24(2,3)4/h5-14,26H,15H2,1-4H3,(H,27,28). The van der Waals surface area contributed by atoms with Gasteiger partial charge in [-0.05, 0) is 53.3 Å². The number of anilines is 1. The van der Waals surface area contributed by atoms with Crippen molar-refractivity contribution in [2.24, 2.45) is 0 Å². The number of aryl methyl sites for hydroxylation is 1. The molecule has 0 bridgehead atoms. The summed E-state index contributed by atoms with van der Waals surface area (Å²) in [5.74, 6) is -0.417. The van der Waals surface area contributed by atoms with Gasteiger partial charge in [-0.1, -0.05) is 51.1 Å². The number of pyridine rings is 1. The van der Waals surface area contributed by atoms with E-state index in [1.54, 1.807) is 30.8 Å². The van der Waals surface area contributed by atoms with Crippen molar-refractivity contribution in [1.82, 2.24) is 4.98 Å². The van der Waals surface area contributed by atoms with Crippen LogP contribution in [0.1, 0.15) is 47.8 Å². The average Bonchev–Trinajstić information content (AvgIpc) is 2.72. The zero-order chi connectivity index (χ0) is 23.5. The number of carbonyl (C=O) groups is 1. The van der Waals surface area contributed by atoms with E-state index in [9.17, 15) is 18.3 Å². The molecule has 1 aromatic heterocycles. The van der Waals surface area contributed by atoms with Crippen molar-refractivity contribution in [2.45, 2.75) is 48.8 Å². The van der Waals surface area contributed by atoms with E-state index in [0.717, 1.165) is 16.8 Å². The van der Waals surface area contributed by atoms with E-state index in [4.69, 9.17) is 0 Å². The molecule has 3 rings (SSSR count). The van der Waals surface area contributed by atoms with Crippen LogP contribution in [0.3, 0.4) is 0 Å². The van der Waals surface area contributed by atoms with E-state index in [1.165, 1.54) is 29.5 Å². The molecule has 0 fully saturated rings. The van der Waals surface area contributed by atoms with Gasteiger partial charge in [0.25, 0.3) is 10.0 Å². The summed E-state index contributed by atoms with van der Waals surface area (Å²) in [5.41, 5.74) is 3.33. The van der Waals surface area contributed by atoms with Crippen LogP contribution in [0.4, 0.5) is 5.69 Å². The predicted octanol–water partition coefficient (Wildman–Crippen LogP) is 5.48. The van der Waals surface area contributed by atoms with E-state index in [-0.39, 0.29) is 15.9 Å². The normalized spacial score (nSPS) is 11.9. The Kier molecular flexibility index (Phi) is 6.95. The molecule has 0 spiro atoms. The van der Waals surface area contributed by atoms with Crippen LogP contribution >= 0.6 is 11.8 Å². The third-order valence-corrected chi connectivity index (χ3v) is 7.34. The van der Waals surface area contributed by atoms with Crippen LogP contribution in [-0.2, 0) is 21.2 Å². The minimum Gasteiger partial charge on any atom is -0.478 e. The highest BCUT2D eigenvalue weighted by Crippen LogP contribution is 2.26. The molecule has 32 heavy (non-hydrogen) atoms. The Morgan fingerprint density at radius 1 is 1.06 bits per heavy atom. The Balaban J connectivity index is 1.65. The van der Waals surface area contributed by atoms with E-state index >= 15 is 0 Å². The van der Waals surface area contributed by atoms with Crippen molar-refractivity contribution >= 4 is 33.4 Å². The largest absolute Gasteiger partial charge is 0.478 e. The second-order valence-corrected chi connectivity index (χ2v) is 11.2. The van der Waals surface area contributed by atoms with Gasteiger partial charge in [0.1, 0.15) is 0 Å². The topological polar surface area (TPSA) is 96.4 Å². The van der Waals surface area contributed by atoms with Crippen LogP contribution in [0, 0.1) is 6.92 Å². The lowest BCUT2D eigenvalue weighted by Gasteiger charge is -2.19. The highest BCUT2D eigenvalue weighted by atomic mass is 32.2. The first-order chi connectivity index (χ1) is 15.0. The van der Waals surface area contributed by atoms with Crippen LogP contribution < -0.4 is 4.72 Å². The lowest BCUT2D eigenvalue weighted by atomic mass is 9.87. The Morgan fingerprint density at radius 2 is 1.75 bits per heavy atom. The predicted molar refractivity (Wildman–Crippen MR) is 128 cm³/mol. The lowest BCUT2D eigenvalue weighted by Crippen LogP contribution is -2.14. The molecule has 6 nitrogen and oxygen atoms in total. The second kappa shape index (κ2) is 9.34. The molecule has 0 atom stereocenters. The molecule has 0 saturated heterocycles. The lowest BCUT2D eigenvalue weighted by molar-refractivity contribution is 0.0696. The fourth-order valence-electron chi connectivity index (χ4n) is 3.00. The summed E-state index contributed by atoms with van der Waals surface area (Å²) in [5, 5.41) is 10.0. The van der Waals surface area contributed by atoms with E-state index in [2.05, 4.69) is 54.7 Å². The molecule has 2 aromatic carbocycles. The number of hydrogen-bond donors (Lipinski definition) is 2. The molecule has 0 saturated carbocycles. The number of nitrogens with one attached hydrogen (secondary N) is 1. The number of sulfonamides is 1. The first-order valence-electron chi connectivity index (χ1n) is 10.0. The van der Waals surface area contributed by atoms with Gasteiger partial charge in [-0.2, -0.15) is 0 Å². The average molecular weight is 471 g/mol. The summed E-state index contributed by atoms with van der Waals surface area (Å²) in [6.45, 7) is 8.16. The van der Waals surface area contributed by atoms with Gasteiger partial charge >= 0.3 is 5.97 Å². The highest BCUT2D eigenvalue weighted by Gasteiger charge is 2.18. The summed E-state index contributed by atoms with van der Waals surface area (Å²) < 4.78 is 27.7. The number of aromatic nitrogens is 1. The molecule has 2 N–H and O–H groups in total. The number of benzene rings is 2. The third kappa shape index (κ3) is 5.89. The fourth-order valence-corrected chi connectivity index (χ4v) is 4.86. The van der Waals surface area contributed by atoms with Crippen LogP contribution in [0.25, 0.3) is 0 Å². The van der Waals surface area contributed by atoms with Gasteiger partial charge in [-0.25, -0.2) is 18.2 Å². The number of hydrogen-bond acceptors (Lipinski definition) is 5. The van der Waals surface area contributed by atoms with Gasteiger partial charge in [-0.3, -0.25) is 4.72 Å². The SMILES string of the molecule is Cc1ccc(S(=O)(=O)Nc2ccc(SCc3ccc(C(C)(C)C)cc3)nc2)cc1C(=O)O. The molecule has 0 radical (unpaired) electrons. The first-order valence-corrected chi connectivity index (χ1v) is 12.5. The first kappa shape index (κ1) is 23.8. The van der Waals surface area contributed by atoms with Gasteiger partial charge in [-0.15, -0.1) is 11.8 Å². The van der Waals surface area contributed by atoms with Crippen molar-refractivity contribution in [2.75, 3.05) is 4.72 Å². The summed E-state index contributed by atoms with van der Waals surface area (Å²) >= 11 is 1.56. The molecule has 3 aromatic rings. The minimum absolute atomic E-state index is 0.0479. The van der Waals surface area contributed by atoms with Crippen molar-refractivity contribution in [3.63, 3.8) is 0 Å². The second-order valence-electron chi connectivity index (χ2n) is 8.51.